The Hall–Kier alpha value is -2.97. The minimum Gasteiger partial charge on any atom is -0.468 e. The number of hydrogen-bond acceptors (Lipinski definition) is 6. The third kappa shape index (κ3) is 5.54. The van der Waals surface area contributed by atoms with E-state index < -0.39 is 47.4 Å². The third-order valence-corrected chi connectivity index (χ3v) is 3.86. The molecule has 0 aliphatic heterocycles. The average molecular weight is 368 g/mol. The van der Waals surface area contributed by atoms with E-state index in [4.69, 9.17) is 5.73 Å². The molecule has 2 atom stereocenters. The van der Waals surface area contributed by atoms with Crippen LogP contribution in [0.4, 0.5) is 4.39 Å². The molecule has 0 saturated carbocycles. The zero-order valence-electron chi connectivity index (χ0n) is 14.7. The number of rotatable bonds is 8. The molecule has 0 spiro atoms. The van der Waals surface area contributed by atoms with Gasteiger partial charge in [-0.2, -0.15) is 0 Å². The largest absolute Gasteiger partial charge is 0.468 e. The first-order valence-corrected chi connectivity index (χ1v) is 7.70. The van der Waals surface area contributed by atoms with E-state index in [0.717, 1.165) is 14.2 Å². The van der Waals surface area contributed by atoms with Crippen molar-refractivity contribution in [3.63, 3.8) is 0 Å². The highest BCUT2D eigenvalue weighted by Gasteiger charge is 2.41. The molecule has 8 nitrogen and oxygen atoms in total. The molecule has 1 aromatic rings. The Balaban J connectivity index is 2.93. The highest BCUT2D eigenvalue weighted by molar-refractivity contribution is 5.97. The first-order chi connectivity index (χ1) is 12.2. The van der Waals surface area contributed by atoms with Crippen LogP contribution in [-0.2, 0) is 35.1 Å². The van der Waals surface area contributed by atoms with Crippen LogP contribution in [0.2, 0.25) is 0 Å². The molecule has 9 heteroatoms. The lowest BCUT2D eigenvalue weighted by molar-refractivity contribution is -0.162. The Morgan fingerprint density at radius 2 is 1.58 bits per heavy atom. The average Bonchev–Trinajstić information content (AvgIpc) is 2.60. The van der Waals surface area contributed by atoms with Crippen molar-refractivity contribution in [1.82, 2.24) is 5.32 Å². The second-order valence-corrected chi connectivity index (χ2v) is 5.63. The number of esters is 2. The summed E-state index contributed by atoms with van der Waals surface area (Å²) >= 11 is 0. The van der Waals surface area contributed by atoms with Crippen molar-refractivity contribution in [2.75, 3.05) is 14.2 Å². The molecule has 26 heavy (non-hydrogen) atoms. The number of halogens is 1. The summed E-state index contributed by atoms with van der Waals surface area (Å²) in [5.74, 6) is -6.23. The second kappa shape index (κ2) is 9.50. The van der Waals surface area contributed by atoms with E-state index in [2.05, 4.69) is 14.8 Å². The molecule has 0 aliphatic rings. The molecule has 0 unspecified atom stereocenters. The van der Waals surface area contributed by atoms with Gasteiger partial charge in [-0.15, -0.1) is 0 Å². The van der Waals surface area contributed by atoms with Gasteiger partial charge in [-0.05, 0) is 17.7 Å². The fourth-order valence-electron chi connectivity index (χ4n) is 2.45. The van der Waals surface area contributed by atoms with E-state index in [1.165, 1.54) is 31.2 Å². The minimum absolute atomic E-state index is 0.141. The predicted molar refractivity (Wildman–Crippen MR) is 87.9 cm³/mol. The summed E-state index contributed by atoms with van der Waals surface area (Å²) in [6, 6.07) is 3.92. The highest BCUT2D eigenvalue weighted by atomic mass is 19.1. The summed E-state index contributed by atoms with van der Waals surface area (Å²) in [6.07, 6.45) is -0.141. The van der Waals surface area contributed by atoms with Crippen LogP contribution < -0.4 is 11.1 Å². The monoisotopic (exact) mass is 368 g/mol. The number of methoxy groups -OCH3 is 2. The van der Waals surface area contributed by atoms with Crippen LogP contribution in [0.5, 0.6) is 0 Å². The van der Waals surface area contributed by atoms with Gasteiger partial charge >= 0.3 is 11.9 Å². The maximum absolute atomic E-state index is 12.9. The summed E-state index contributed by atoms with van der Waals surface area (Å²) in [5.41, 5.74) is 5.82. The standard InChI is InChI=1S/C17H21FN2O6/c1-9(13(16(23)25-2)17(24)26-3)14(15(19)22)20-12(21)8-10-4-6-11(18)7-5-10/h4-7,9,13-14H,8H2,1-3H3,(H2,19,22)(H,20,21)/t9-,14-/m1/s1. The molecule has 0 aromatic heterocycles. The number of amides is 2. The molecule has 0 aliphatic carbocycles. The van der Waals surface area contributed by atoms with E-state index in [0.29, 0.717) is 5.56 Å². The molecule has 0 fully saturated rings. The van der Waals surface area contributed by atoms with Crippen molar-refractivity contribution in [1.29, 1.82) is 0 Å². The quantitative estimate of drug-likeness (QED) is 0.489. The molecule has 3 N–H and O–H groups in total. The molecule has 142 valence electrons. The Morgan fingerprint density at radius 1 is 1.08 bits per heavy atom. The molecule has 0 heterocycles. The van der Waals surface area contributed by atoms with Gasteiger partial charge in [0.05, 0.1) is 20.6 Å². The van der Waals surface area contributed by atoms with E-state index in [-0.39, 0.29) is 6.42 Å². The molecule has 1 rings (SSSR count). The summed E-state index contributed by atoms with van der Waals surface area (Å²) in [4.78, 5) is 47.7. The van der Waals surface area contributed by atoms with Crippen LogP contribution in [0.1, 0.15) is 12.5 Å². The van der Waals surface area contributed by atoms with Crippen molar-refractivity contribution >= 4 is 23.8 Å². The highest BCUT2D eigenvalue weighted by Crippen LogP contribution is 2.19. The SMILES string of the molecule is COC(=O)C(C(=O)OC)[C@@H](C)[C@@H](NC(=O)Cc1ccc(F)cc1)C(N)=O. The van der Waals surface area contributed by atoms with Gasteiger partial charge in [0.1, 0.15) is 11.9 Å². The zero-order chi connectivity index (χ0) is 19.9. The van der Waals surface area contributed by atoms with Gasteiger partial charge < -0.3 is 20.5 Å². The van der Waals surface area contributed by atoms with E-state index in [1.807, 2.05) is 0 Å². The van der Waals surface area contributed by atoms with Crippen molar-refractivity contribution in [3.05, 3.63) is 35.6 Å². The Labute approximate surface area is 149 Å². The van der Waals surface area contributed by atoms with Gasteiger partial charge in [-0.25, -0.2) is 4.39 Å². The molecular weight excluding hydrogens is 347 g/mol. The Kier molecular flexibility index (Phi) is 7.70. The lowest BCUT2D eigenvalue weighted by atomic mass is 9.86. The van der Waals surface area contributed by atoms with Crippen LogP contribution in [0.3, 0.4) is 0 Å². The first-order valence-electron chi connectivity index (χ1n) is 7.70. The smallest absolute Gasteiger partial charge is 0.320 e. The minimum atomic E-state index is -1.44. The van der Waals surface area contributed by atoms with Gasteiger partial charge in [0.15, 0.2) is 5.92 Å². The van der Waals surface area contributed by atoms with E-state index >= 15 is 0 Å². The number of nitrogens with two attached hydrogens (primary N) is 1. The van der Waals surface area contributed by atoms with Crippen molar-refractivity contribution < 1.29 is 33.0 Å². The van der Waals surface area contributed by atoms with Gasteiger partial charge in [0, 0.05) is 5.92 Å². The summed E-state index contributed by atoms with van der Waals surface area (Å²) in [7, 11) is 2.16. The predicted octanol–water partition coefficient (Wildman–Crippen LogP) is -0.0634. The third-order valence-electron chi connectivity index (χ3n) is 3.86. The number of nitrogens with one attached hydrogen (secondary N) is 1. The summed E-state index contributed by atoms with van der Waals surface area (Å²) < 4.78 is 22.0. The number of ether oxygens (including phenoxy) is 2. The maximum atomic E-state index is 12.9. The first kappa shape index (κ1) is 21.1. The molecular formula is C17H21FN2O6. The van der Waals surface area contributed by atoms with Crippen LogP contribution in [0, 0.1) is 17.7 Å². The number of primary amides is 1. The van der Waals surface area contributed by atoms with Gasteiger partial charge in [-0.1, -0.05) is 19.1 Å². The summed E-state index contributed by atoms with van der Waals surface area (Å²) in [6.45, 7) is 1.39. The van der Waals surface area contributed by atoms with Crippen molar-refractivity contribution in [2.24, 2.45) is 17.6 Å². The number of carbonyl (C=O) groups excluding carboxylic acids is 4. The number of carbonyl (C=O) groups is 4. The van der Waals surface area contributed by atoms with Crippen LogP contribution >= 0.6 is 0 Å². The second-order valence-electron chi connectivity index (χ2n) is 5.63. The molecule has 0 bridgehead atoms. The molecule has 1 aromatic carbocycles. The number of hydrogen-bond donors (Lipinski definition) is 2. The molecule has 0 radical (unpaired) electrons. The number of benzene rings is 1. The maximum Gasteiger partial charge on any atom is 0.320 e. The normalized spacial score (nSPS) is 12.8. The molecule has 0 saturated heterocycles. The summed E-state index contributed by atoms with van der Waals surface area (Å²) in [5, 5.41) is 2.39. The van der Waals surface area contributed by atoms with Gasteiger partial charge in [0.25, 0.3) is 0 Å². The van der Waals surface area contributed by atoms with Gasteiger partial charge in [0.2, 0.25) is 11.8 Å². The lowest BCUT2D eigenvalue weighted by Crippen LogP contribution is -2.53. The van der Waals surface area contributed by atoms with Crippen LogP contribution in [-0.4, -0.2) is 44.0 Å². The van der Waals surface area contributed by atoms with Crippen molar-refractivity contribution in [3.8, 4) is 0 Å². The fourth-order valence-corrected chi connectivity index (χ4v) is 2.45. The Morgan fingerprint density at radius 3 is 2.00 bits per heavy atom. The van der Waals surface area contributed by atoms with E-state index in [1.54, 1.807) is 0 Å². The van der Waals surface area contributed by atoms with Crippen molar-refractivity contribution in [2.45, 2.75) is 19.4 Å². The van der Waals surface area contributed by atoms with Crippen LogP contribution in [0.25, 0.3) is 0 Å². The van der Waals surface area contributed by atoms with Crippen LogP contribution in [0.15, 0.2) is 24.3 Å². The van der Waals surface area contributed by atoms with Gasteiger partial charge in [-0.3, -0.25) is 19.2 Å². The zero-order valence-corrected chi connectivity index (χ0v) is 14.7. The molecule has 2 amide bonds. The lowest BCUT2D eigenvalue weighted by Gasteiger charge is -2.26. The fraction of sp³-hybridized carbons (Fsp3) is 0.412. The topological polar surface area (TPSA) is 125 Å². The van der Waals surface area contributed by atoms with E-state index in [9.17, 15) is 23.6 Å². The Bertz CT molecular complexity index is 660.